The van der Waals surface area contributed by atoms with Gasteiger partial charge in [0.05, 0.1) is 12.0 Å². The first kappa shape index (κ1) is 6.48. The third kappa shape index (κ3) is 0.932. The predicted molar refractivity (Wildman–Crippen MR) is 42.5 cm³/mol. The molecule has 0 aromatic carbocycles. The molecule has 1 atom stereocenters. The zero-order chi connectivity index (χ0) is 7.68. The molecular weight excluding hydrogens is 136 g/mol. The Labute approximate surface area is 66.4 Å². The van der Waals surface area contributed by atoms with Crippen molar-refractivity contribution in [2.75, 3.05) is 13.1 Å². The summed E-state index contributed by atoms with van der Waals surface area (Å²) in [4.78, 5) is 2.27. The fourth-order valence-electron chi connectivity index (χ4n) is 1.69. The van der Waals surface area contributed by atoms with Crippen LogP contribution < -0.4 is 0 Å². The Morgan fingerprint density at radius 3 is 3.36 bits per heavy atom. The van der Waals surface area contributed by atoms with E-state index in [1.165, 1.54) is 5.70 Å². The van der Waals surface area contributed by atoms with E-state index in [0.717, 1.165) is 19.5 Å². The van der Waals surface area contributed by atoms with Gasteiger partial charge in [-0.25, -0.2) is 0 Å². The van der Waals surface area contributed by atoms with E-state index in [2.05, 4.69) is 23.1 Å². The van der Waals surface area contributed by atoms with E-state index in [1.54, 1.807) is 0 Å². The Balaban J connectivity index is 2.27. The summed E-state index contributed by atoms with van der Waals surface area (Å²) in [7, 11) is 0. The lowest BCUT2D eigenvalue weighted by Crippen LogP contribution is -2.20. The highest BCUT2D eigenvalue weighted by Crippen LogP contribution is 2.28. The molecule has 2 nitrogen and oxygen atoms in total. The topological polar surface area (TPSA) is 27.0 Å². The number of hydrogen-bond donors (Lipinski definition) is 0. The van der Waals surface area contributed by atoms with Gasteiger partial charge in [0, 0.05) is 18.8 Å². The predicted octanol–water partition coefficient (Wildman–Crippen LogP) is 1.29. The molecule has 0 spiro atoms. The Bertz CT molecular complexity index is 257. The van der Waals surface area contributed by atoms with Crippen LogP contribution in [0.2, 0.25) is 0 Å². The van der Waals surface area contributed by atoms with Crippen molar-refractivity contribution in [2.45, 2.75) is 6.42 Å². The monoisotopic (exact) mass is 146 g/mol. The maximum absolute atomic E-state index is 8.76. The summed E-state index contributed by atoms with van der Waals surface area (Å²) in [6, 6.07) is 2.32. The SMILES string of the molecule is N#CC1CCN2CC=CC=C12. The number of nitrogens with zero attached hydrogens (tertiary/aromatic N) is 2. The van der Waals surface area contributed by atoms with Gasteiger partial charge in [-0.2, -0.15) is 5.26 Å². The van der Waals surface area contributed by atoms with Crippen LogP contribution in [0.5, 0.6) is 0 Å². The molecule has 2 aliphatic rings. The highest BCUT2D eigenvalue weighted by Gasteiger charge is 2.27. The first-order chi connectivity index (χ1) is 5.42. The maximum atomic E-state index is 8.76. The Morgan fingerprint density at radius 1 is 1.64 bits per heavy atom. The molecule has 1 fully saturated rings. The van der Waals surface area contributed by atoms with Gasteiger partial charge in [-0.15, -0.1) is 0 Å². The van der Waals surface area contributed by atoms with Crippen LogP contribution in [0.15, 0.2) is 23.9 Å². The highest BCUT2D eigenvalue weighted by atomic mass is 15.2. The van der Waals surface area contributed by atoms with E-state index in [4.69, 9.17) is 5.26 Å². The second-order valence-electron chi connectivity index (χ2n) is 2.94. The summed E-state index contributed by atoms with van der Waals surface area (Å²) in [5.74, 6) is 0.153. The largest absolute Gasteiger partial charge is 0.370 e. The van der Waals surface area contributed by atoms with Crippen molar-refractivity contribution in [2.24, 2.45) is 5.92 Å². The Kier molecular flexibility index (Phi) is 1.43. The second kappa shape index (κ2) is 2.43. The lowest BCUT2D eigenvalue weighted by molar-refractivity contribution is 0.430. The van der Waals surface area contributed by atoms with E-state index in [-0.39, 0.29) is 5.92 Å². The summed E-state index contributed by atoms with van der Waals surface area (Å²) in [6.07, 6.45) is 7.24. The van der Waals surface area contributed by atoms with Gasteiger partial charge in [-0.05, 0) is 12.5 Å². The molecule has 0 amide bonds. The molecule has 2 heteroatoms. The first-order valence-electron chi connectivity index (χ1n) is 3.93. The summed E-state index contributed by atoms with van der Waals surface area (Å²) in [6.45, 7) is 2.04. The van der Waals surface area contributed by atoms with Gasteiger partial charge in [0.15, 0.2) is 0 Å². The fraction of sp³-hybridized carbons (Fsp3) is 0.444. The van der Waals surface area contributed by atoms with Gasteiger partial charge in [0.2, 0.25) is 0 Å². The molecule has 0 aromatic heterocycles. The zero-order valence-corrected chi connectivity index (χ0v) is 6.33. The number of fused-ring (bicyclic) bond motifs is 1. The summed E-state index contributed by atoms with van der Waals surface area (Å²) in [5, 5.41) is 8.76. The Morgan fingerprint density at radius 2 is 2.55 bits per heavy atom. The van der Waals surface area contributed by atoms with Gasteiger partial charge >= 0.3 is 0 Å². The van der Waals surface area contributed by atoms with E-state index in [9.17, 15) is 0 Å². The summed E-state index contributed by atoms with van der Waals surface area (Å²) in [5.41, 5.74) is 1.22. The first-order valence-corrected chi connectivity index (χ1v) is 3.93. The molecule has 1 saturated heterocycles. The molecule has 0 bridgehead atoms. The third-order valence-corrected chi connectivity index (χ3v) is 2.29. The van der Waals surface area contributed by atoms with Crippen LogP contribution in [-0.4, -0.2) is 18.0 Å². The summed E-state index contributed by atoms with van der Waals surface area (Å²) >= 11 is 0. The van der Waals surface area contributed by atoms with Crippen molar-refractivity contribution in [1.82, 2.24) is 4.90 Å². The molecule has 0 aromatic rings. The van der Waals surface area contributed by atoms with Crippen LogP contribution in [0.1, 0.15) is 6.42 Å². The number of allylic oxidation sites excluding steroid dienone is 3. The van der Waals surface area contributed by atoms with Gasteiger partial charge in [0.25, 0.3) is 0 Å². The molecule has 0 saturated carbocycles. The molecule has 0 radical (unpaired) electrons. The average molecular weight is 146 g/mol. The van der Waals surface area contributed by atoms with Crippen LogP contribution in [0.3, 0.4) is 0 Å². The molecule has 2 aliphatic heterocycles. The van der Waals surface area contributed by atoms with Crippen LogP contribution >= 0.6 is 0 Å². The van der Waals surface area contributed by atoms with Crippen LogP contribution in [0, 0.1) is 17.2 Å². The number of rotatable bonds is 0. The van der Waals surface area contributed by atoms with Crippen molar-refractivity contribution in [3.63, 3.8) is 0 Å². The second-order valence-corrected chi connectivity index (χ2v) is 2.94. The minimum absolute atomic E-state index is 0.153. The molecule has 56 valence electrons. The number of hydrogen-bond acceptors (Lipinski definition) is 2. The Hall–Kier alpha value is -1.23. The van der Waals surface area contributed by atoms with Crippen molar-refractivity contribution in [1.29, 1.82) is 5.26 Å². The van der Waals surface area contributed by atoms with Crippen LogP contribution in [-0.2, 0) is 0 Å². The van der Waals surface area contributed by atoms with E-state index >= 15 is 0 Å². The minimum atomic E-state index is 0.153. The molecule has 2 rings (SSSR count). The third-order valence-electron chi connectivity index (χ3n) is 2.29. The normalized spacial score (nSPS) is 27.7. The zero-order valence-electron chi connectivity index (χ0n) is 6.33. The average Bonchev–Trinajstić information content (AvgIpc) is 2.47. The van der Waals surface area contributed by atoms with Crippen molar-refractivity contribution >= 4 is 0 Å². The molecule has 11 heavy (non-hydrogen) atoms. The van der Waals surface area contributed by atoms with Crippen molar-refractivity contribution in [3.8, 4) is 6.07 Å². The molecule has 0 aliphatic carbocycles. The fourth-order valence-corrected chi connectivity index (χ4v) is 1.69. The molecule has 0 N–H and O–H groups in total. The summed E-state index contributed by atoms with van der Waals surface area (Å²) < 4.78 is 0. The molecular formula is C9H10N2. The number of nitriles is 1. The smallest absolute Gasteiger partial charge is 0.0878 e. The van der Waals surface area contributed by atoms with Crippen LogP contribution in [0.4, 0.5) is 0 Å². The lowest BCUT2D eigenvalue weighted by Gasteiger charge is -2.20. The highest BCUT2D eigenvalue weighted by molar-refractivity contribution is 5.26. The van der Waals surface area contributed by atoms with Gasteiger partial charge in [-0.1, -0.05) is 12.2 Å². The van der Waals surface area contributed by atoms with Gasteiger partial charge in [0.1, 0.15) is 0 Å². The quantitative estimate of drug-likeness (QED) is 0.515. The van der Waals surface area contributed by atoms with Crippen LogP contribution in [0.25, 0.3) is 0 Å². The van der Waals surface area contributed by atoms with E-state index in [1.807, 2.05) is 6.08 Å². The minimum Gasteiger partial charge on any atom is -0.370 e. The van der Waals surface area contributed by atoms with E-state index in [0.29, 0.717) is 0 Å². The van der Waals surface area contributed by atoms with E-state index < -0.39 is 0 Å². The maximum Gasteiger partial charge on any atom is 0.0878 e. The standard InChI is InChI=1S/C9H10N2/c10-7-8-4-6-11-5-2-1-3-9(8)11/h1-3,8H,4-6H2. The molecule has 2 heterocycles. The van der Waals surface area contributed by atoms with Gasteiger partial charge in [-0.3, -0.25) is 0 Å². The molecule has 1 unspecified atom stereocenters. The van der Waals surface area contributed by atoms with Gasteiger partial charge < -0.3 is 4.90 Å². The lowest BCUT2D eigenvalue weighted by atomic mass is 10.1. The van der Waals surface area contributed by atoms with Crippen molar-refractivity contribution in [3.05, 3.63) is 23.9 Å². The van der Waals surface area contributed by atoms with Crippen molar-refractivity contribution < 1.29 is 0 Å².